The first-order valence-electron chi connectivity index (χ1n) is 5.68. The van der Waals surface area contributed by atoms with Gasteiger partial charge in [-0.1, -0.05) is 5.16 Å². The first-order chi connectivity index (χ1) is 10.1. The van der Waals surface area contributed by atoms with Gasteiger partial charge in [0.15, 0.2) is 0 Å². The minimum absolute atomic E-state index is 0.0246. The molecule has 0 unspecified atom stereocenters. The summed E-state index contributed by atoms with van der Waals surface area (Å²) in [4.78, 5) is 0. The molecule has 0 aliphatic carbocycles. The number of oxime groups is 1. The van der Waals surface area contributed by atoms with E-state index < -0.39 is 23.5 Å². The zero-order valence-electron chi connectivity index (χ0n) is 10.5. The van der Waals surface area contributed by atoms with Gasteiger partial charge < -0.3 is 9.62 Å². The Morgan fingerprint density at radius 3 is 1.91 bits per heavy atom. The van der Waals surface area contributed by atoms with Gasteiger partial charge in [-0.2, -0.15) is 26.3 Å². The second-order valence-electron chi connectivity index (χ2n) is 4.24. The fraction of sp³-hybridized carbons (Fsp3) is 0.154. The van der Waals surface area contributed by atoms with Crippen molar-refractivity contribution in [2.45, 2.75) is 12.4 Å². The van der Waals surface area contributed by atoms with Crippen LogP contribution in [-0.4, -0.2) is 11.4 Å². The molecule has 118 valence electrons. The molecule has 1 aromatic heterocycles. The topological polar surface area (TPSA) is 45.7 Å². The molecule has 2 aromatic rings. The molecule has 0 fully saturated rings. The van der Waals surface area contributed by atoms with Crippen LogP contribution in [0.3, 0.4) is 0 Å². The molecule has 0 amide bonds. The first kappa shape index (κ1) is 15.9. The Balaban J connectivity index is 2.59. The van der Waals surface area contributed by atoms with Crippen LogP contribution in [0.25, 0.3) is 11.3 Å². The summed E-state index contributed by atoms with van der Waals surface area (Å²) in [5.41, 5.74) is -3.27. The van der Waals surface area contributed by atoms with E-state index in [1.807, 2.05) is 0 Å². The van der Waals surface area contributed by atoms with Crippen LogP contribution < -0.4 is 0 Å². The van der Waals surface area contributed by atoms with Crippen LogP contribution in [0.5, 0.6) is 0 Å². The fourth-order valence-corrected chi connectivity index (χ4v) is 1.73. The molecule has 0 bridgehead atoms. The van der Waals surface area contributed by atoms with Gasteiger partial charge in [0, 0.05) is 5.56 Å². The van der Waals surface area contributed by atoms with Gasteiger partial charge in [-0.3, -0.25) is 0 Å². The van der Waals surface area contributed by atoms with Gasteiger partial charge in [0.25, 0.3) is 0 Å². The Morgan fingerprint density at radius 2 is 1.45 bits per heavy atom. The average molecular weight is 323 g/mol. The molecule has 0 radical (unpaired) electrons. The van der Waals surface area contributed by atoms with E-state index in [1.165, 1.54) is 12.1 Å². The van der Waals surface area contributed by atoms with Crippen molar-refractivity contribution in [1.82, 2.24) is 0 Å². The van der Waals surface area contributed by atoms with E-state index in [2.05, 4.69) is 5.16 Å². The Kier molecular flexibility index (Phi) is 3.90. The van der Waals surface area contributed by atoms with E-state index >= 15 is 0 Å². The second kappa shape index (κ2) is 5.39. The van der Waals surface area contributed by atoms with Crippen LogP contribution in [0.4, 0.5) is 26.3 Å². The van der Waals surface area contributed by atoms with E-state index in [4.69, 9.17) is 9.62 Å². The highest BCUT2D eigenvalue weighted by Gasteiger charge is 2.37. The van der Waals surface area contributed by atoms with Gasteiger partial charge >= 0.3 is 12.4 Å². The highest BCUT2D eigenvalue weighted by atomic mass is 19.4. The van der Waals surface area contributed by atoms with E-state index in [0.29, 0.717) is 12.1 Å². The van der Waals surface area contributed by atoms with E-state index in [1.54, 1.807) is 0 Å². The lowest BCUT2D eigenvalue weighted by molar-refractivity contribution is -0.143. The Morgan fingerprint density at radius 1 is 0.909 bits per heavy atom. The molecule has 2 rings (SSSR count). The molecule has 0 saturated heterocycles. The summed E-state index contributed by atoms with van der Waals surface area (Å²) in [6.07, 6.45) is -9.02. The quantitative estimate of drug-likeness (QED) is 0.374. The van der Waals surface area contributed by atoms with Crippen LogP contribution >= 0.6 is 0 Å². The standard InChI is InChI=1S/C13H7F6NO2/c14-12(15,16)8-3-7(4-9(5-8)13(17,18)19)11-2-1-10(22-11)6-20-21/h1-6,21H. The van der Waals surface area contributed by atoms with Crippen LogP contribution in [0.15, 0.2) is 39.9 Å². The lowest BCUT2D eigenvalue weighted by Gasteiger charge is -2.13. The summed E-state index contributed by atoms with van der Waals surface area (Å²) >= 11 is 0. The molecule has 0 atom stereocenters. The number of halogens is 6. The maximum absolute atomic E-state index is 12.7. The third-order valence-electron chi connectivity index (χ3n) is 2.68. The van der Waals surface area contributed by atoms with E-state index in [9.17, 15) is 26.3 Å². The van der Waals surface area contributed by atoms with Crippen LogP contribution in [0.1, 0.15) is 16.9 Å². The number of hydrogen-bond donors (Lipinski definition) is 1. The summed E-state index contributed by atoms with van der Waals surface area (Å²) in [6, 6.07) is 3.54. The van der Waals surface area contributed by atoms with Crippen LogP contribution in [0, 0.1) is 0 Å². The zero-order valence-corrected chi connectivity index (χ0v) is 10.5. The number of furan rings is 1. The van der Waals surface area contributed by atoms with E-state index in [0.717, 1.165) is 6.21 Å². The first-order valence-corrected chi connectivity index (χ1v) is 5.68. The lowest BCUT2D eigenvalue weighted by atomic mass is 10.0. The third kappa shape index (κ3) is 3.41. The lowest BCUT2D eigenvalue weighted by Crippen LogP contribution is -2.11. The Bertz CT molecular complexity index is 667. The van der Waals surface area contributed by atoms with Gasteiger partial charge in [0.05, 0.1) is 11.1 Å². The Hall–Kier alpha value is -2.45. The second-order valence-corrected chi connectivity index (χ2v) is 4.24. The zero-order chi connectivity index (χ0) is 16.5. The van der Waals surface area contributed by atoms with E-state index in [-0.39, 0.29) is 23.2 Å². The molecule has 9 heteroatoms. The average Bonchev–Trinajstić information content (AvgIpc) is 2.85. The van der Waals surface area contributed by atoms with Crippen LogP contribution in [-0.2, 0) is 12.4 Å². The van der Waals surface area contributed by atoms with Crippen molar-refractivity contribution < 1.29 is 36.0 Å². The molecule has 0 spiro atoms. The van der Waals surface area contributed by atoms with Crippen molar-refractivity contribution in [2.75, 3.05) is 0 Å². The highest BCUT2D eigenvalue weighted by Crippen LogP contribution is 2.38. The van der Waals surface area contributed by atoms with Crippen molar-refractivity contribution in [1.29, 1.82) is 0 Å². The maximum atomic E-state index is 12.7. The smallest absolute Gasteiger partial charge is 0.416 e. The number of hydrogen-bond acceptors (Lipinski definition) is 3. The monoisotopic (exact) mass is 323 g/mol. The predicted octanol–water partition coefficient (Wildman–Crippen LogP) is 4.79. The summed E-state index contributed by atoms with van der Waals surface area (Å²) in [6.45, 7) is 0. The fourth-order valence-electron chi connectivity index (χ4n) is 1.73. The molecule has 0 aliphatic rings. The van der Waals surface area contributed by atoms with Crippen LogP contribution in [0.2, 0.25) is 0 Å². The summed E-state index contributed by atoms with van der Waals surface area (Å²) < 4.78 is 81.4. The molecule has 22 heavy (non-hydrogen) atoms. The number of rotatable bonds is 2. The van der Waals surface area contributed by atoms with Crippen molar-refractivity contribution in [3.63, 3.8) is 0 Å². The molecule has 0 saturated carbocycles. The molecule has 0 aliphatic heterocycles. The Labute approximate surface area is 119 Å². The van der Waals surface area contributed by atoms with Crippen molar-refractivity contribution in [2.24, 2.45) is 5.16 Å². The number of alkyl halides is 6. The summed E-state index contributed by atoms with van der Waals surface area (Å²) in [5, 5.41) is 11.0. The molecule has 1 aromatic carbocycles. The van der Waals surface area contributed by atoms with Gasteiger partial charge in [0.1, 0.15) is 17.7 Å². The molecular formula is C13H7F6NO2. The predicted molar refractivity (Wildman–Crippen MR) is 63.5 cm³/mol. The maximum Gasteiger partial charge on any atom is 0.416 e. The molecular weight excluding hydrogens is 316 g/mol. The SMILES string of the molecule is ON=Cc1ccc(-c2cc(C(F)(F)F)cc(C(F)(F)F)c2)o1. The van der Waals surface area contributed by atoms with Gasteiger partial charge in [-0.25, -0.2) is 0 Å². The van der Waals surface area contributed by atoms with Gasteiger partial charge in [0.2, 0.25) is 0 Å². The minimum Gasteiger partial charge on any atom is -0.455 e. The summed E-state index contributed by atoms with van der Waals surface area (Å²) in [5.74, 6) is -0.241. The summed E-state index contributed by atoms with van der Waals surface area (Å²) in [7, 11) is 0. The highest BCUT2D eigenvalue weighted by molar-refractivity contribution is 5.77. The number of nitrogens with zero attached hydrogens (tertiary/aromatic N) is 1. The van der Waals surface area contributed by atoms with Crippen molar-refractivity contribution in [3.05, 3.63) is 47.2 Å². The number of benzene rings is 1. The largest absolute Gasteiger partial charge is 0.455 e. The normalized spacial score (nSPS) is 13.0. The third-order valence-corrected chi connectivity index (χ3v) is 2.68. The minimum atomic E-state index is -4.93. The molecule has 3 nitrogen and oxygen atoms in total. The van der Waals surface area contributed by atoms with Crippen molar-refractivity contribution in [3.8, 4) is 11.3 Å². The molecule has 1 N–H and O–H groups in total. The van der Waals surface area contributed by atoms with Gasteiger partial charge in [-0.15, -0.1) is 0 Å². The van der Waals surface area contributed by atoms with Gasteiger partial charge in [-0.05, 0) is 30.3 Å². The van der Waals surface area contributed by atoms with Crippen molar-refractivity contribution >= 4 is 6.21 Å². The molecule has 1 heterocycles.